The van der Waals surface area contributed by atoms with Crippen molar-refractivity contribution in [3.05, 3.63) is 63.4 Å². The molecule has 0 radical (unpaired) electrons. The monoisotopic (exact) mass is 424 g/mol. The van der Waals surface area contributed by atoms with E-state index in [1.807, 2.05) is 0 Å². The van der Waals surface area contributed by atoms with Gasteiger partial charge in [0, 0.05) is 0 Å². The Morgan fingerprint density at radius 2 is 1.60 bits per heavy atom. The Kier molecular flexibility index (Phi) is 3.18. The Morgan fingerprint density at radius 3 is 2.28 bits per heavy atom. The van der Waals surface area contributed by atoms with E-state index in [9.17, 15) is 9.59 Å². The minimum absolute atomic E-state index is 0.147. The summed E-state index contributed by atoms with van der Waals surface area (Å²) in [6.45, 7) is 0. The van der Waals surface area contributed by atoms with Gasteiger partial charge in [-0.3, -0.25) is 0 Å². The molecule has 0 saturated heterocycles. The molecular weight excluding hydrogens is 409 g/mol. The zero-order chi connectivity index (χ0) is 17.3. The van der Waals surface area contributed by atoms with E-state index in [-0.39, 0.29) is 11.6 Å². The Labute approximate surface area is 156 Å². The number of fused-ring (bicyclic) bond motifs is 4. The van der Waals surface area contributed by atoms with Crippen molar-refractivity contribution < 1.29 is 9.59 Å². The summed E-state index contributed by atoms with van der Waals surface area (Å²) in [5.41, 5.74) is 1.36. The first kappa shape index (κ1) is 15.5. The predicted molar refractivity (Wildman–Crippen MR) is 107 cm³/mol. The molecule has 0 atom stereocenters. The summed E-state index contributed by atoms with van der Waals surface area (Å²) in [5.74, 6) is 4.55. The van der Waals surface area contributed by atoms with Crippen LogP contribution in [0.1, 0.15) is 25.6 Å². The number of carbonyl (C=O) groups excluding carboxylic acids is 2. The third-order valence-corrected chi connectivity index (χ3v) is 15.4. The molecule has 0 fully saturated rings. The van der Waals surface area contributed by atoms with Gasteiger partial charge in [-0.1, -0.05) is 0 Å². The van der Waals surface area contributed by atoms with E-state index < -0.39 is 13.3 Å². The molecule has 2 aromatic heterocycles. The molecule has 2 nitrogen and oxygen atoms in total. The van der Waals surface area contributed by atoms with Gasteiger partial charge in [0.15, 0.2) is 0 Å². The number of carbonyl (C=O) groups is 2. The van der Waals surface area contributed by atoms with Gasteiger partial charge in [0.1, 0.15) is 0 Å². The van der Waals surface area contributed by atoms with E-state index >= 15 is 0 Å². The molecule has 1 aliphatic carbocycles. The van der Waals surface area contributed by atoms with Crippen molar-refractivity contribution in [1.82, 2.24) is 0 Å². The van der Waals surface area contributed by atoms with Crippen molar-refractivity contribution in [3.8, 4) is 9.75 Å². The Bertz CT molecular complexity index is 1080. The zero-order valence-corrected chi connectivity index (χ0v) is 17.5. The summed E-state index contributed by atoms with van der Waals surface area (Å²) in [6.07, 6.45) is 1.80. The third-order valence-electron chi connectivity index (χ3n) is 5.16. The van der Waals surface area contributed by atoms with E-state index in [1.54, 1.807) is 57.4 Å². The molecule has 0 unspecified atom stereocenters. The van der Waals surface area contributed by atoms with Gasteiger partial charge in [-0.15, -0.1) is 0 Å². The number of hydrogen-bond donors (Lipinski definition) is 0. The van der Waals surface area contributed by atoms with Crippen LogP contribution in [0.2, 0.25) is 11.5 Å². The zero-order valence-electron chi connectivity index (χ0n) is 13.8. The molecule has 122 valence electrons. The van der Waals surface area contributed by atoms with Crippen LogP contribution in [0.15, 0.2) is 47.4 Å². The molecule has 2 aliphatic rings. The summed E-state index contributed by atoms with van der Waals surface area (Å²) < 4.78 is 3.04. The van der Waals surface area contributed by atoms with Crippen LogP contribution in [0.25, 0.3) is 15.8 Å². The maximum atomic E-state index is 12.6. The molecule has 1 aromatic carbocycles. The first-order chi connectivity index (χ1) is 12.0. The number of Topliss-reactive ketones (excluding diaryl/α,β-unsaturated/α-hetero) is 2. The second-order valence-electron chi connectivity index (χ2n) is 6.94. The second-order valence-corrected chi connectivity index (χ2v) is 18.0. The van der Waals surface area contributed by atoms with Crippen LogP contribution in [-0.4, -0.2) is 24.8 Å². The molecule has 5 rings (SSSR count). The number of thiophene rings is 2. The molecule has 0 saturated carbocycles. The van der Waals surface area contributed by atoms with E-state index in [4.69, 9.17) is 0 Å². The Morgan fingerprint density at radius 1 is 0.920 bits per heavy atom. The first-order valence-electron chi connectivity index (χ1n) is 8.11. The average molecular weight is 423 g/mol. The standard InChI is InChI=1S/C20H14GeO2S2/c1-21(2)15-7-8-24-19(15)20-16(21)10-11(25-20)9-14-17(22)12-5-3-4-6-13(12)18(14)23/h3-10H,1-2H3. The van der Waals surface area contributed by atoms with Gasteiger partial charge in [0.25, 0.3) is 0 Å². The average Bonchev–Trinajstić information content (AvgIpc) is 3.32. The normalized spacial score (nSPS) is 16.8. The van der Waals surface area contributed by atoms with Crippen LogP contribution in [0.3, 0.4) is 0 Å². The fourth-order valence-electron chi connectivity index (χ4n) is 3.78. The fourth-order valence-corrected chi connectivity index (χ4v) is 15.6. The molecule has 1 aliphatic heterocycles. The Hall–Kier alpha value is -1.76. The van der Waals surface area contributed by atoms with Crippen molar-refractivity contribution in [2.24, 2.45) is 0 Å². The maximum absolute atomic E-state index is 12.6. The predicted octanol–water partition coefficient (Wildman–Crippen LogP) is 4.08. The summed E-state index contributed by atoms with van der Waals surface area (Å²) in [6, 6.07) is 11.6. The van der Waals surface area contributed by atoms with Crippen LogP contribution in [0.4, 0.5) is 0 Å². The van der Waals surface area contributed by atoms with Crippen molar-refractivity contribution in [1.29, 1.82) is 0 Å². The topological polar surface area (TPSA) is 34.1 Å². The molecule has 3 heterocycles. The quantitative estimate of drug-likeness (QED) is 0.336. The molecule has 5 heteroatoms. The van der Waals surface area contributed by atoms with Crippen LogP contribution in [0.5, 0.6) is 0 Å². The van der Waals surface area contributed by atoms with Crippen LogP contribution in [0, 0.1) is 0 Å². The molecule has 0 bridgehead atoms. The Balaban J connectivity index is 1.63. The fraction of sp³-hybridized carbons (Fsp3) is 0.100. The van der Waals surface area contributed by atoms with Crippen molar-refractivity contribution in [2.75, 3.05) is 0 Å². The summed E-state index contributed by atoms with van der Waals surface area (Å²) in [4.78, 5) is 29.0. The number of benzene rings is 1. The van der Waals surface area contributed by atoms with Gasteiger partial charge < -0.3 is 0 Å². The van der Waals surface area contributed by atoms with E-state index in [2.05, 4.69) is 29.0 Å². The number of hydrogen-bond acceptors (Lipinski definition) is 4. The number of rotatable bonds is 1. The SMILES string of the molecule is [CH3][Ge]1([CH3])[c]2ccsc2-c2sc(C=C3C(=O)c4ccccc4C3=O)c[c]21. The molecule has 0 amide bonds. The van der Waals surface area contributed by atoms with E-state index in [1.165, 1.54) is 14.2 Å². The van der Waals surface area contributed by atoms with E-state index in [0.29, 0.717) is 16.7 Å². The van der Waals surface area contributed by atoms with Gasteiger partial charge >= 0.3 is 157 Å². The van der Waals surface area contributed by atoms with Gasteiger partial charge in [-0.2, -0.15) is 0 Å². The summed E-state index contributed by atoms with van der Waals surface area (Å²) >= 11 is 1.32. The van der Waals surface area contributed by atoms with Gasteiger partial charge in [0.2, 0.25) is 0 Å². The van der Waals surface area contributed by atoms with Crippen molar-refractivity contribution >= 4 is 62.4 Å². The third kappa shape index (κ3) is 2.02. The number of ketones is 2. The van der Waals surface area contributed by atoms with Crippen LogP contribution in [-0.2, 0) is 0 Å². The van der Waals surface area contributed by atoms with Gasteiger partial charge in [0.05, 0.1) is 0 Å². The van der Waals surface area contributed by atoms with Crippen molar-refractivity contribution in [2.45, 2.75) is 11.5 Å². The van der Waals surface area contributed by atoms with Gasteiger partial charge in [-0.25, -0.2) is 0 Å². The number of allylic oxidation sites excluding steroid dienone is 1. The second kappa shape index (κ2) is 5.13. The first-order valence-corrected chi connectivity index (χ1v) is 16.1. The minimum atomic E-state index is -2.21. The summed E-state index contributed by atoms with van der Waals surface area (Å²) in [5, 5.41) is 2.18. The van der Waals surface area contributed by atoms with Gasteiger partial charge in [-0.05, 0) is 0 Å². The van der Waals surface area contributed by atoms with E-state index in [0.717, 1.165) is 4.88 Å². The molecule has 0 spiro atoms. The molecule has 3 aromatic rings. The van der Waals surface area contributed by atoms with Crippen LogP contribution >= 0.6 is 22.7 Å². The van der Waals surface area contributed by atoms with Crippen molar-refractivity contribution in [3.63, 3.8) is 0 Å². The molecule has 25 heavy (non-hydrogen) atoms. The van der Waals surface area contributed by atoms with Crippen LogP contribution < -0.4 is 8.79 Å². The molecule has 0 N–H and O–H groups in total. The molecular formula is C20H14GeO2S2. The summed E-state index contributed by atoms with van der Waals surface area (Å²) in [7, 11) is 0.